The standard InChI is InChI=1S/C14H20N6O2/c1-3-22-14-6-11(15-9-16-14)17-10-4-5-13-18-12(8-21-2)19-20(13)7-10/h6,9-10H,3-5,7-8H2,1-2H3,(H,15,16,17)/t10-/m0/s1. The molecular formula is C14H20N6O2. The Morgan fingerprint density at radius 2 is 2.32 bits per heavy atom. The van der Waals surface area contributed by atoms with Crippen LogP contribution < -0.4 is 10.1 Å². The van der Waals surface area contributed by atoms with Crippen LogP contribution in [0.4, 0.5) is 5.82 Å². The van der Waals surface area contributed by atoms with Crippen molar-refractivity contribution in [2.75, 3.05) is 19.0 Å². The van der Waals surface area contributed by atoms with Gasteiger partial charge in [0.2, 0.25) is 5.88 Å². The van der Waals surface area contributed by atoms with Crippen LogP contribution in [0.2, 0.25) is 0 Å². The second kappa shape index (κ2) is 6.69. The molecule has 0 fully saturated rings. The average Bonchev–Trinajstić information content (AvgIpc) is 2.90. The van der Waals surface area contributed by atoms with Gasteiger partial charge in [0, 0.05) is 25.6 Å². The number of hydrogen-bond acceptors (Lipinski definition) is 7. The van der Waals surface area contributed by atoms with Crippen LogP contribution >= 0.6 is 0 Å². The van der Waals surface area contributed by atoms with Crippen LogP contribution in [0.25, 0.3) is 0 Å². The Morgan fingerprint density at radius 3 is 3.14 bits per heavy atom. The van der Waals surface area contributed by atoms with Gasteiger partial charge in [-0.2, -0.15) is 5.10 Å². The molecular weight excluding hydrogens is 284 g/mol. The Bertz CT molecular complexity index is 630. The van der Waals surface area contributed by atoms with Gasteiger partial charge in [0.15, 0.2) is 5.82 Å². The van der Waals surface area contributed by atoms with Gasteiger partial charge in [0.1, 0.15) is 24.6 Å². The fourth-order valence-corrected chi connectivity index (χ4v) is 2.52. The van der Waals surface area contributed by atoms with E-state index in [2.05, 4.69) is 25.4 Å². The molecule has 1 aliphatic rings. The first-order valence-corrected chi connectivity index (χ1v) is 7.41. The molecule has 2 aromatic rings. The monoisotopic (exact) mass is 304 g/mol. The Kier molecular flexibility index (Phi) is 4.47. The van der Waals surface area contributed by atoms with Crippen molar-refractivity contribution >= 4 is 5.82 Å². The van der Waals surface area contributed by atoms with Crippen molar-refractivity contribution < 1.29 is 9.47 Å². The summed E-state index contributed by atoms with van der Waals surface area (Å²) < 4.78 is 12.4. The van der Waals surface area contributed by atoms with Gasteiger partial charge in [-0.25, -0.2) is 19.6 Å². The van der Waals surface area contributed by atoms with E-state index in [9.17, 15) is 0 Å². The van der Waals surface area contributed by atoms with E-state index >= 15 is 0 Å². The summed E-state index contributed by atoms with van der Waals surface area (Å²) in [6.07, 6.45) is 3.38. The van der Waals surface area contributed by atoms with Gasteiger partial charge in [-0.1, -0.05) is 0 Å². The summed E-state index contributed by atoms with van der Waals surface area (Å²) in [7, 11) is 1.65. The zero-order valence-corrected chi connectivity index (χ0v) is 12.8. The molecule has 1 aliphatic heterocycles. The maximum absolute atomic E-state index is 5.39. The number of methoxy groups -OCH3 is 1. The van der Waals surface area contributed by atoms with Gasteiger partial charge in [-0.3, -0.25) is 0 Å². The van der Waals surface area contributed by atoms with Crippen LogP contribution in [0.15, 0.2) is 12.4 Å². The largest absolute Gasteiger partial charge is 0.478 e. The minimum atomic E-state index is 0.258. The molecule has 8 nitrogen and oxygen atoms in total. The predicted octanol–water partition coefficient (Wildman–Crippen LogP) is 1.04. The summed E-state index contributed by atoms with van der Waals surface area (Å²) in [5, 5.41) is 7.87. The van der Waals surface area contributed by atoms with Gasteiger partial charge in [-0.15, -0.1) is 0 Å². The van der Waals surface area contributed by atoms with Gasteiger partial charge in [0.25, 0.3) is 0 Å². The lowest BCUT2D eigenvalue weighted by Crippen LogP contribution is -2.32. The summed E-state index contributed by atoms with van der Waals surface area (Å²) >= 11 is 0. The molecule has 1 N–H and O–H groups in total. The molecule has 0 saturated heterocycles. The number of nitrogens with zero attached hydrogens (tertiary/aromatic N) is 5. The fraction of sp³-hybridized carbons (Fsp3) is 0.571. The molecule has 3 rings (SSSR count). The molecule has 0 amide bonds. The van der Waals surface area contributed by atoms with Crippen LogP contribution in [0.5, 0.6) is 5.88 Å². The van der Waals surface area contributed by atoms with E-state index in [1.165, 1.54) is 6.33 Å². The van der Waals surface area contributed by atoms with Crippen molar-refractivity contribution in [1.29, 1.82) is 0 Å². The molecule has 0 saturated carbocycles. The third-order valence-corrected chi connectivity index (χ3v) is 3.46. The summed E-state index contributed by atoms with van der Waals surface area (Å²) in [5.41, 5.74) is 0. The lowest BCUT2D eigenvalue weighted by atomic mass is 10.1. The lowest BCUT2D eigenvalue weighted by molar-refractivity contribution is 0.177. The average molecular weight is 304 g/mol. The maximum atomic E-state index is 5.39. The van der Waals surface area contributed by atoms with Crippen molar-refractivity contribution in [3.63, 3.8) is 0 Å². The zero-order valence-electron chi connectivity index (χ0n) is 12.8. The molecule has 0 aliphatic carbocycles. The minimum Gasteiger partial charge on any atom is -0.478 e. The second-order valence-electron chi connectivity index (χ2n) is 5.11. The molecule has 0 unspecified atom stereocenters. The first-order chi connectivity index (χ1) is 10.8. The van der Waals surface area contributed by atoms with E-state index in [1.54, 1.807) is 7.11 Å². The summed E-state index contributed by atoms with van der Waals surface area (Å²) in [6.45, 7) is 3.73. The summed E-state index contributed by atoms with van der Waals surface area (Å²) in [6, 6.07) is 2.07. The molecule has 0 spiro atoms. The third-order valence-electron chi connectivity index (χ3n) is 3.46. The highest BCUT2D eigenvalue weighted by molar-refractivity contribution is 5.38. The molecule has 2 aromatic heterocycles. The lowest BCUT2D eigenvalue weighted by Gasteiger charge is -2.23. The summed E-state index contributed by atoms with van der Waals surface area (Å²) in [4.78, 5) is 12.8. The Balaban J connectivity index is 1.65. The fourth-order valence-electron chi connectivity index (χ4n) is 2.52. The van der Waals surface area contributed by atoms with Gasteiger partial charge in [-0.05, 0) is 13.3 Å². The van der Waals surface area contributed by atoms with E-state index in [4.69, 9.17) is 9.47 Å². The molecule has 0 aromatic carbocycles. The van der Waals surface area contributed by atoms with Crippen molar-refractivity contribution in [3.05, 3.63) is 24.0 Å². The molecule has 0 radical (unpaired) electrons. The highest BCUT2D eigenvalue weighted by Crippen LogP contribution is 2.18. The van der Waals surface area contributed by atoms with Gasteiger partial charge >= 0.3 is 0 Å². The Labute approximate surface area is 128 Å². The molecule has 0 bridgehead atoms. The maximum Gasteiger partial charge on any atom is 0.218 e. The SMILES string of the molecule is CCOc1cc(N[C@H]2CCc3nc(COC)nn3C2)ncn1. The number of anilines is 1. The quantitative estimate of drug-likeness (QED) is 0.853. The van der Waals surface area contributed by atoms with Crippen molar-refractivity contribution in [3.8, 4) is 5.88 Å². The van der Waals surface area contributed by atoms with Crippen LogP contribution in [0.1, 0.15) is 25.0 Å². The van der Waals surface area contributed by atoms with E-state index in [1.807, 2.05) is 17.7 Å². The van der Waals surface area contributed by atoms with Gasteiger partial charge in [0.05, 0.1) is 13.2 Å². The number of hydrogen-bond donors (Lipinski definition) is 1. The molecule has 3 heterocycles. The first kappa shape index (κ1) is 14.7. The van der Waals surface area contributed by atoms with Crippen LogP contribution in [0, 0.1) is 0 Å². The van der Waals surface area contributed by atoms with Crippen LogP contribution in [-0.2, 0) is 24.3 Å². The second-order valence-corrected chi connectivity index (χ2v) is 5.11. The highest BCUT2D eigenvalue weighted by Gasteiger charge is 2.22. The third kappa shape index (κ3) is 3.33. The zero-order chi connectivity index (χ0) is 15.4. The van der Waals surface area contributed by atoms with Crippen molar-refractivity contribution in [2.24, 2.45) is 0 Å². The number of aryl methyl sites for hydroxylation is 1. The molecule has 8 heteroatoms. The van der Waals surface area contributed by atoms with E-state index < -0.39 is 0 Å². The normalized spacial score (nSPS) is 17.1. The molecule has 118 valence electrons. The smallest absolute Gasteiger partial charge is 0.218 e. The predicted molar refractivity (Wildman–Crippen MR) is 79.7 cm³/mol. The Hall–Kier alpha value is -2.22. The topological polar surface area (TPSA) is 87.0 Å². The number of nitrogens with one attached hydrogen (secondary N) is 1. The van der Waals surface area contributed by atoms with Crippen molar-refractivity contribution in [2.45, 2.75) is 39.0 Å². The van der Waals surface area contributed by atoms with Gasteiger partial charge < -0.3 is 14.8 Å². The highest BCUT2D eigenvalue weighted by atomic mass is 16.5. The Morgan fingerprint density at radius 1 is 1.41 bits per heavy atom. The number of aromatic nitrogens is 5. The van der Waals surface area contributed by atoms with Crippen LogP contribution in [-0.4, -0.2) is 44.5 Å². The van der Waals surface area contributed by atoms with E-state index in [0.717, 1.165) is 36.9 Å². The number of rotatable bonds is 6. The van der Waals surface area contributed by atoms with E-state index in [-0.39, 0.29) is 6.04 Å². The van der Waals surface area contributed by atoms with Crippen LogP contribution in [0.3, 0.4) is 0 Å². The first-order valence-electron chi connectivity index (χ1n) is 7.41. The number of ether oxygens (including phenoxy) is 2. The minimum absolute atomic E-state index is 0.258. The van der Waals surface area contributed by atoms with Crippen molar-refractivity contribution in [1.82, 2.24) is 24.7 Å². The van der Waals surface area contributed by atoms with E-state index in [0.29, 0.717) is 19.1 Å². The molecule has 22 heavy (non-hydrogen) atoms. The molecule has 1 atom stereocenters. The number of fused-ring (bicyclic) bond motifs is 1. The summed E-state index contributed by atoms with van der Waals surface area (Å²) in [5.74, 6) is 3.10.